The number of hydrogen-bond acceptors (Lipinski definition) is 6. The molecule has 1 amide bonds. The molecule has 8 heteroatoms. The molecular formula is C23H31N3O4S. The van der Waals surface area contributed by atoms with Gasteiger partial charge < -0.3 is 19.7 Å². The topological polar surface area (TPSA) is 88.1 Å². The van der Waals surface area contributed by atoms with E-state index in [2.05, 4.69) is 15.1 Å². The van der Waals surface area contributed by atoms with Gasteiger partial charge in [0.1, 0.15) is 18.5 Å². The standard InChI is InChI=1S/C23H31N3O4S/c1-2-31(29)22-11-7-6-10-21(22)30-18-20(27)16-25-12-14-26(15-13-25)17-23(28)24-19-8-4-3-5-9-19/h3-11,20,27H,2,12-18H2,1H3,(H,24,28). The normalized spacial score (nSPS) is 17.1. The Morgan fingerprint density at radius 2 is 1.74 bits per heavy atom. The van der Waals surface area contributed by atoms with Gasteiger partial charge in [-0.25, -0.2) is 0 Å². The van der Waals surface area contributed by atoms with Crippen LogP contribution in [0, 0.1) is 0 Å². The highest BCUT2D eigenvalue weighted by Gasteiger charge is 2.22. The van der Waals surface area contributed by atoms with E-state index in [-0.39, 0.29) is 12.5 Å². The Hall–Kier alpha value is -2.10. The second-order valence-corrected chi connectivity index (χ2v) is 9.24. The molecule has 1 aliphatic heterocycles. The highest BCUT2D eigenvalue weighted by molar-refractivity contribution is 7.91. The summed E-state index contributed by atoms with van der Waals surface area (Å²) in [5.41, 5.74) is 0.804. The molecule has 3 rings (SSSR count). The summed E-state index contributed by atoms with van der Waals surface area (Å²) >= 11 is -1.10. The van der Waals surface area contributed by atoms with Crippen molar-refractivity contribution in [2.75, 3.05) is 56.9 Å². The number of para-hydroxylation sites is 2. The van der Waals surface area contributed by atoms with Crippen molar-refractivity contribution < 1.29 is 19.2 Å². The summed E-state index contributed by atoms with van der Waals surface area (Å²) in [4.78, 5) is 17.2. The highest BCUT2D eigenvalue weighted by atomic mass is 32.2. The van der Waals surface area contributed by atoms with E-state index in [1.807, 2.05) is 49.4 Å². The molecule has 1 saturated heterocycles. The molecule has 0 aliphatic carbocycles. The van der Waals surface area contributed by atoms with Gasteiger partial charge >= 0.3 is 0 Å². The molecule has 0 spiro atoms. The summed E-state index contributed by atoms with van der Waals surface area (Å²) in [5, 5.41) is 13.3. The zero-order valence-electron chi connectivity index (χ0n) is 17.9. The minimum atomic E-state index is -1.10. The summed E-state index contributed by atoms with van der Waals surface area (Å²) in [6.07, 6.45) is -0.643. The molecule has 2 unspecified atom stereocenters. The number of nitrogens with one attached hydrogen (secondary N) is 1. The summed E-state index contributed by atoms with van der Waals surface area (Å²) < 4.78 is 17.9. The largest absolute Gasteiger partial charge is 0.611 e. The molecule has 2 aromatic carbocycles. The van der Waals surface area contributed by atoms with Crippen LogP contribution in [0.5, 0.6) is 5.75 Å². The van der Waals surface area contributed by atoms with Crippen LogP contribution in [0.4, 0.5) is 5.69 Å². The summed E-state index contributed by atoms with van der Waals surface area (Å²) in [6.45, 7) is 5.99. The Morgan fingerprint density at radius 3 is 2.45 bits per heavy atom. The molecule has 1 aliphatic rings. The first-order valence-electron chi connectivity index (χ1n) is 10.6. The molecule has 0 bridgehead atoms. The van der Waals surface area contributed by atoms with E-state index in [9.17, 15) is 14.5 Å². The molecule has 0 aromatic heterocycles. The number of amides is 1. The van der Waals surface area contributed by atoms with Gasteiger partial charge in [-0.2, -0.15) is 0 Å². The molecule has 2 N–H and O–H groups in total. The first-order valence-corrected chi connectivity index (χ1v) is 11.9. The molecule has 2 aromatic rings. The van der Waals surface area contributed by atoms with Crippen LogP contribution in [0.2, 0.25) is 0 Å². The number of ether oxygens (including phenoxy) is 1. The predicted molar refractivity (Wildman–Crippen MR) is 123 cm³/mol. The predicted octanol–water partition coefficient (Wildman–Crippen LogP) is 1.81. The van der Waals surface area contributed by atoms with Gasteiger partial charge in [-0.15, -0.1) is 0 Å². The van der Waals surface area contributed by atoms with Crippen LogP contribution in [-0.2, 0) is 16.0 Å². The van der Waals surface area contributed by atoms with Crippen molar-refractivity contribution in [1.82, 2.24) is 9.80 Å². The van der Waals surface area contributed by atoms with E-state index in [0.29, 0.717) is 29.5 Å². The molecule has 0 saturated carbocycles. The number of β-amino-alcohol motifs (C(OH)–C–C–N with tert-alkyl or cyclic N) is 1. The number of aliphatic hydroxyl groups is 1. The number of carbonyl (C=O) groups is 1. The Balaban J connectivity index is 1.37. The molecule has 168 valence electrons. The average molecular weight is 446 g/mol. The van der Waals surface area contributed by atoms with Crippen molar-refractivity contribution in [2.24, 2.45) is 0 Å². The molecule has 2 atom stereocenters. The molecular weight excluding hydrogens is 414 g/mol. The van der Waals surface area contributed by atoms with Gasteiger partial charge in [0, 0.05) is 38.4 Å². The number of aliphatic hydroxyl groups excluding tert-OH is 1. The Kier molecular flexibility index (Phi) is 9.17. The number of benzene rings is 2. The van der Waals surface area contributed by atoms with Crippen LogP contribution < -0.4 is 10.1 Å². The Morgan fingerprint density at radius 1 is 1.10 bits per heavy atom. The first kappa shape index (κ1) is 23.6. The third kappa shape index (κ3) is 7.52. The van der Waals surface area contributed by atoms with Crippen molar-refractivity contribution >= 4 is 22.8 Å². The lowest BCUT2D eigenvalue weighted by Gasteiger charge is -2.35. The van der Waals surface area contributed by atoms with Crippen molar-refractivity contribution in [3.05, 3.63) is 54.6 Å². The first-order chi connectivity index (χ1) is 15.0. The summed E-state index contributed by atoms with van der Waals surface area (Å²) in [5.74, 6) is 1.07. The van der Waals surface area contributed by atoms with Crippen LogP contribution in [0.25, 0.3) is 0 Å². The van der Waals surface area contributed by atoms with Gasteiger partial charge in [-0.05, 0) is 42.4 Å². The van der Waals surface area contributed by atoms with Crippen LogP contribution >= 0.6 is 0 Å². The van der Waals surface area contributed by atoms with E-state index in [1.54, 1.807) is 12.1 Å². The maximum atomic E-state index is 12.2. The van der Waals surface area contributed by atoms with Crippen molar-refractivity contribution in [2.45, 2.75) is 17.9 Å². The summed E-state index contributed by atoms with van der Waals surface area (Å²) in [6, 6.07) is 16.7. The molecule has 1 fully saturated rings. The van der Waals surface area contributed by atoms with E-state index in [1.165, 1.54) is 0 Å². The Labute approximate surface area is 187 Å². The number of hydrogen-bond donors (Lipinski definition) is 2. The fourth-order valence-electron chi connectivity index (χ4n) is 3.50. The molecule has 7 nitrogen and oxygen atoms in total. The fourth-order valence-corrected chi connectivity index (χ4v) is 4.40. The smallest absolute Gasteiger partial charge is 0.238 e. The zero-order chi connectivity index (χ0) is 22.1. The maximum Gasteiger partial charge on any atom is 0.238 e. The Bertz CT molecular complexity index is 815. The summed E-state index contributed by atoms with van der Waals surface area (Å²) in [7, 11) is 0. The van der Waals surface area contributed by atoms with Gasteiger partial charge in [0.15, 0.2) is 10.6 Å². The van der Waals surface area contributed by atoms with Crippen LogP contribution in [0.1, 0.15) is 6.92 Å². The number of nitrogens with zero attached hydrogens (tertiary/aromatic N) is 2. The van der Waals surface area contributed by atoms with Gasteiger partial charge in [-0.1, -0.05) is 30.3 Å². The third-order valence-electron chi connectivity index (χ3n) is 5.15. The van der Waals surface area contributed by atoms with Gasteiger partial charge in [0.2, 0.25) is 5.91 Å². The van der Waals surface area contributed by atoms with Gasteiger partial charge in [-0.3, -0.25) is 14.6 Å². The SMILES string of the molecule is CC[S+]([O-])c1ccccc1OCC(O)CN1CCN(CC(=O)Nc2ccccc2)CC1. The van der Waals surface area contributed by atoms with Gasteiger partial charge in [0.05, 0.1) is 6.54 Å². The van der Waals surface area contributed by atoms with Crippen LogP contribution in [0.15, 0.2) is 59.5 Å². The lowest BCUT2D eigenvalue weighted by atomic mass is 10.2. The number of piperazine rings is 1. The average Bonchev–Trinajstić information content (AvgIpc) is 2.79. The molecule has 1 heterocycles. The second kappa shape index (κ2) is 12.1. The molecule has 31 heavy (non-hydrogen) atoms. The van der Waals surface area contributed by atoms with Crippen LogP contribution in [0.3, 0.4) is 0 Å². The van der Waals surface area contributed by atoms with E-state index < -0.39 is 17.3 Å². The minimum absolute atomic E-state index is 0.0174. The lowest BCUT2D eigenvalue weighted by Crippen LogP contribution is -2.50. The van der Waals surface area contributed by atoms with E-state index in [0.717, 1.165) is 31.9 Å². The fraction of sp³-hybridized carbons (Fsp3) is 0.435. The zero-order valence-corrected chi connectivity index (χ0v) is 18.7. The number of carbonyl (C=O) groups excluding carboxylic acids is 1. The van der Waals surface area contributed by atoms with Gasteiger partial charge in [0.25, 0.3) is 0 Å². The number of rotatable bonds is 10. The lowest BCUT2D eigenvalue weighted by molar-refractivity contribution is -0.117. The van der Waals surface area contributed by atoms with Crippen molar-refractivity contribution in [1.29, 1.82) is 0 Å². The van der Waals surface area contributed by atoms with E-state index >= 15 is 0 Å². The second-order valence-electron chi connectivity index (χ2n) is 7.54. The number of anilines is 1. The minimum Gasteiger partial charge on any atom is -0.611 e. The van der Waals surface area contributed by atoms with Crippen LogP contribution in [-0.4, -0.2) is 83.1 Å². The monoisotopic (exact) mass is 445 g/mol. The molecule has 0 radical (unpaired) electrons. The third-order valence-corrected chi connectivity index (χ3v) is 6.50. The van der Waals surface area contributed by atoms with E-state index in [4.69, 9.17) is 4.74 Å². The van der Waals surface area contributed by atoms with Crippen molar-refractivity contribution in [3.8, 4) is 5.75 Å². The quantitative estimate of drug-likeness (QED) is 0.543. The maximum absolute atomic E-state index is 12.2. The highest BCUT2D eigenvalue weighted by Crippen LogP contribution is 2.24. The van der Waals surface area contributed by atoms with Crippen molar-refractivity contribution in [3.63, 3.8) is 0 Å².